The molecule has 0 bridgehead atoms. The van der Waals surface area contributed by atoms with Crippen molar-refractivity contribution < 1.29 is 8.42 Å². The highest BCUT2D eigenvalue weighted by Gasteiger charge is 2.15. The third kappa shape index (κ3) is 3.27. The molecule has 0 aliphatic heterocycles. The molecule has 100 valence electrons. The summed E-state index contributed by atoms with van der Waals surface area (Å²) < 4.78 is 26.6. The molecular formula is C12H14N4O2S. The van der Waals surface area contributed by atoms with E-state index >= 15 is 0 Å². The summed E-state index contributed by atoms with van der Waals surface area (Å²) in [6.07, 6.45) is 2.85. The molecular weight excluding hydrogens is 264 g/mol. The maximum absolute atomic E-state index is 12.0. The zero-order valence-corrected chi connectivity index (χ0v) is 11.2. The summed E-state index contributed by atoms with van der Waals surface area (Å²) in [5.41, 5.74) is 6.83. The first-order valence-corrected chi connectivity index (χ1v) is 7.09. The summed E-state index contributed by atoms with van der Waals surface area (Å²) in [5, 5.41) is 0. The Balaban J connectivity index is 2.16. The van der Waals surface area contributed by atoms with E-state index in [1.165, 1.54) is 12.3 Å². The van der Waals surface area contributed by atoms with Gasteiger partial charge in [-0.25, -0.2) is 18.1 Å². The molecule has 0 radical (unpaired) electrons. The van der Waals surface area contributed by atoms with Crippen molar-refractivity contribution in [2.24, 2.45) is 0 Å². The molecule has 6 nitrogen and oxygen atoms in total. The smallest absolute Gasteiger partial charge is 0.242 e. The van der Waals surface area contributed by atoms with Gasteiger partial charge < -0.3 is 5.73 Å². The summed E-state index contributed by atoms with van der Waals surface area (Å²) in [6.45, 7) is 1.84. The Kier molecular flexibility index (Phi) is 3.77. The monoisotopic (exact) mass is 278 g/mol. The zero-order valence-electron chi connectivity index (χ0n) is 10.4. The molecule has 7 heteroatoms. The molecule has 0 aromatic carbocycles. The summed E-state index contributed by atoms with van der Waals surface area (Å²) in [6, 6.07) is 6.80. The number of aromatic nitrogens is 2. The van der Waals surface area contributed by atoms with E-state index in [0.29, 0.717) is 17.1 Å². The van der Waals surface area contributed by atoms with Crippen LogP contribution in [0.2, 0.25) is 0 Å². The number of rotatable bonds is 4. The molecule has 0 aliphatic rings. The van der Waals surface area contributed by atoms with E-state index in [1.54, 1.807) is 31.3 Å². The lowest BCUT2D eigenvalue weighted by atomic mass is 10.3. The number of nitrogens with zero attached hydrogens (tertiary/aromatic N) is 2. The van der Waals surface area contributed by atoms with Crippen molar-refractivity contribution in [3.05, 3.63) is 47.9 Å². The number of hydrogen-bond donors (Lipinski definition) is 2. The van der Waals surface area contributed by atoms with Crippen LogP contribution in [-0.2, 0) is 16.6 Å². The van der Waals surface area contributed by atoms with Gasteiger partial charge in [-0.15, -0.1) is 0 Å². The number of pyridine rings is 2. The number of nitrogens with one attached hydrogen (secondary N) is 1. The van der Waals surface area contributed by atoms with Gasteiger partial charge in [-0.05, 0) is 30.7 Å². The lowest BCUT2D eigenvalue weighted by Crippen LogP contribution is -2.24. The van der Waals surface area contributed by atoms with Gasteiger partial charge in [0.25, 0.3) is 0 Å². The van der Waals surface area contributed by atoms with Crippen LogP contribution in [0.4, 0.5) is 5.82 Å². The van der Waals surface area contributed by atoms with Gasteiger partial charge in [0.2, 0.25) is 10.0 Å². The summed E-state index contributed by atoms with van der Waals surface area (Å²) in [7, 11) is -3.61. The molecule has 2 aromatic heterocycles. The SMILES string of the molecule is Cc1cc(S(=O)(=O)NCc2ccccn2)cnc1N. The minimum Gasteiger partial charge on any atom is -0.383 e. The van der Waals surface area contributed by atoms with E-state index in [4.69, 9.17) is 5.73 Å². The first kappa shape index (κ1) is 13.4. The quantitative estimate of drug-likeness (QED) is 0.863. The topological polar surface area (TPSA) is 98.0 Å². The fraction of sp³-hybridized carbons (Fsp3) is 0.167. The molecule has 0 saturated carbocycles. The molecule has 3 N–H and O–H groups in total. The molecule has 0 atom stereocenters. The second-order valence-electron chi connectivity index (χ2n) is 4.02. The predicted octanol–water partition coefficient (Wildman–Crippen LogP) is 0.846. The van der Waals surface area contributed by atoms with Crippen LogP contribution in [0.15, 0.2) is 41.6 Å². The van der Waals surface area contributed by atoms with E-state index in [2.05, 4.69) is 14.7 Å². The molecule has 19 heavy (non-hydrogen) atoms. The van der Waals surface area contributed by atoms with Crippen LogP contribution in [0, 0.1) is 6.92 Å². The van der Waals surface area contributed by atoms with Crippen molar-refractivity contribution in [3.8, 4) is 0 Å². The van der Waals surface area contributed by atoms with Crippen LogP contribution >= 0.6 is 0 Å². The number of aryl methyl sites for hydroxylation is 1. The minimum absolute atomic E-state index is 0.0927. The zero-order chi connectivity index (χ0) is 13.9. The van der Waals surface area contributed by atoms with Gasteiger partial charge in [-0.3, -0.25) is 4.98 Å². The molecule has 0 fully saturated rings. The van der Waals surface area contributed by atoms with Crippen molar-refractivity contribution in [3.63, 3.8) is 0 Å². The third-order valence-electron chi connectivity index (χ3n) is 2.57. The van der Waals surface area contributed by atoms with Gasteiger partial charge in [0.1, 0.15) is 10.7 Å². The minimum atomic E-state index is -3.61. The van der Waals surface area contributed by atoms with Gasteiger partial charge in [-0.1, -0.05) is 6.07 Å². The molecule has 0 unspecified atom stereocenters. The molecule has 2 rings (SSSR count). The first-order chi connectivity index (χ1) is 8.99. The Labute approximate surface area is 111 Å². The largest absolute Gasteiger partial charge is 0.383 e. The third-order valence-corrected chi connectivity index (χ3v) is 3.94. The average molecular weight is 278 g/mol. The second-order valence-corrected chi connectivity index (χ2v) is 5.79. The maximum Gasteiger partial charge on any atom is 0.242 e. The fourth-order valence-corrected chi connectivity index (χ4v) is 2.49. The van der Waals surface area contributed by atoms with Crippen molar-refractivity contribution in [1.29, 1.82) is 0 Å². The van der Waals surface area contributed by atoms with E-state index in [-0.39, 0.29) is 11.4 Å². The molecule has 0 spiro atoms. The first-order valence-electron chi connectivity index (χ1n) is 5.61. The van der Waals surface area contributed by atoms with E-state index < -0.39 is 10.0 Å². The lowest BCUT2D eigenvalue weighted by Gasteiger charge is -2.07. The molecule has 2 aromatic rings. The molecule has 0 aliphatic carbocycles. The van der Waals surface area contributed by atoms with Crippen LogP contribution in [0.1, 0.15) is 11.3 Å². The maximum atomic E-state index is 12.0. The van der Waals surface area contributed by atoms with Crippen LogP contribution in [0.5, 0.6) is 0 Å². The Morgan fingerprint density at radius 2 is 2.11 bits per heavy atom. The van der Waals surface area contributed by atoms with Gasteiger partial charge in [0, 0.05) is 12.4 Å². The van der Waals surface area contributed by atoms with Gasteiger partial charge in [-0.2, -0.15) is 0 Å². The number of nitrogen functional groups attached to an aromatic ring is 1. The van der Waals surface area contributed by atoms with Crippen LogP contribution in [0.25, 0.3) is 0 Å². The van der Waals surface area contributed by atoms with E-state index in [9.17, 15) is 8.42 Å². The molecule has 0 saturated heterocycles. The van der Waals surface area contributed by atoms with Crippen molar-refractivity contribution in [2.45, 2.75) is 18.4 Å². The number of anilines is 1. The standard InChI is InChI=1S/C12H14N4O2S/c1-9-6-11(8-15-12(9)13)19(17,18)16-7-10-4-2-3-5-14-10/h2-6,8,16H,7H2,1H3,(H2,13,15). The van der Waals surface area contributed by atoms with Gasteiger partial charge in [0.05, 0.1) is 12.2 Å². The number of nitrogens with two attached hydrogens (primary N) is 1. The summed E-state index contributed by atoms with van der Waals surface area (Å²) >= 11 is 0. The predicted molar refractivity (Wildman–Crippen MR) is 71.6 cm³/mol. The Bertz CT molecular complexity index is 671. The summed E-state index contributed by atoms with van der Waals surface area (Å²) in [4.78, 5) is 7.98. The Morgan fingerprint density at radius 3 is 2.74 bits per heavy atom. The summed E-state index contributed by atoms with van der Waals surface area (Å²) in [5.74, 6) is 0.323. The van der Waals surface area contributed by atoms with Crippen molar-refractivity contribution in [1.82, 2.24) is 14.7 Å². The van der Waals surface area contributed by atoms with Gasteiger partial charge >= 0.3 is 0 Å². The van der Waals surface area contributed by atoms with Crippen LogP contribution < -0.4 is 10.5 Å². The van der Waals surface area contributed by atoms with E-state index in [0.717, 1.165) is 0 Å². The normalized spacial score (nSPS) is 11.4. The fourth-order valence-electron chi connectivity index (χ4n) is 1.46. The van der Waals surface area contributed by atoms with Gasteiger partial charge in [0.15, 0.2) is 0 Å². The van der Waals surface area contributed by atoms with E-state index in [1.807, 2.05) is 0 Å². The Morgan fingerprint density at radius 1 is 1.32 bits per heavy atom. The Hall–Kier alpha value is -1.99. The average Bonchev–Trinajstić information content (AvgIpc) is 2.41. The highest BCUT2D eigenvalue weighted by molar-refractivity contribution is 7.89. The van der Waals surface area contributed by atoms with Crippen molar-refractivity contribution >= 4 is 15.8 Å². The number of sulfonamides is 1. The van der Waals surface area contributed by atoms with Crippen LogP contribution in [0.3, 0.4) is 0 Å². The second kappa shape index (κ2) is 5.33. The highest BCUT2D eigenvalue weighted by Crippen LogP contribution is 2.13. The van der Waals surface area contributed by atoms with Crippen LogP contribution in [-0.4, -0.2) is 18.4 Å². The number of hydrogen-bond acceptors (Lipinski definition) is 5. The molecule has 2 heterocycles. The van der Waals surface area contributed by atoms with Crippen molar-refractivity contribution in [2.75, 3.05) is 5.73 Å². The lowest BCUT2D eigenvalue weighted by molar-refractivity contribution is 0.580. The molecule has 0 amide bonds. The highest BCUT2D eigenvalue weighted by atomic mass is 32.2.